The average molecular weight is 334 g/mol. The molecule has 0 amide bonds. The number of ketones is 1. The summed E-state index contributed by atoms with van der Waals surface area (Å²) in [6, 6.07) is 5.87. The SMILES string of the molecule is CC(=O)c1c(C)c(C)c(C)c2c1-c1ccccc1C2(O)C(F)(F)F. The molecule has 0 spiro atoms. The number of hydrogen-bond donors (Lipinski definition) is 1. The summed E-state index contributed by atoms with van der Waals surface area (Å²) in [7, 11) is 0. The second-order valence-corrected chi connectivity index (χ2v) is 6.31. The van der Waals surface area contributed by atoms with Gasteiger partial charge in [0, 0.05) is 22.3 Å². The number of benzene rings is 2. The second kappa shape index (κ2) is 4.93. The highest BCUT2D eigenvalue weighted by Crippen LogP contribution is 2.57. The quantitative estimate of drug-likeness (QED) is 0.774. The van der Waals surface area contributed by atoms with Gasteiger partial charge in [0.05, 0.1) is 0 Å². The molecule has 2 aromatic rings. The van der Waals surface area contributed by atoms with E-state index in [0.717, 1.165) is 0 Å². The average Bonchev–Trinajstić information content (AvgIpc) is 2.76. The largest absolute Gasteiger partial charge is 0.425 e. The lowest BCUT2D eigenvalue weighted by molar-refractivity contribution is -0.247. The van der Waals surface area contributed by atoms with Crippen LogP contribution in [-0.4, -0.2) is 17.1 Å². The lowest BCUT2D eigenvalue weighted by Crippen LogP contribution is -2.42. The van der Waals surface area contributed by atoms with Crippen molar-refractivity contribution in [3.05, 3.63) is 57.6 Å². The van der Waals surface area contributed by atoms with Gasteiger partial charge in [-0.3, -0.25) is 4.79 Å². The Labute approximate surface area is 137 Å². The Hall–Kier alpha value is -2.14. The lowest BCUT2D eigenvalue weighted by Gasteiger charge is -2.30. The molecule has 1 aliphatic rings. The van der Waals surface area contributed by atoms with Gasteiger partial charge in [-0.25, -0.2) is 0 Å². The van der Waals surface area contributed by atoms with Crippen LogP contribution in [-0.2, 0) is 5.60 Å². The Bertz CT molecular complexity index is 881. The third kappa shape index (κ3) is 1.85. The number of carbonyl (C=O) groups excluding carboxylic acids is 1. The van der Waals surface area contributed by atoms with E-state index in [1.54, 1.807) is 26.8 Å². The molecular formula is C19H17F3O2. The van der Waals surface area contributed by atoms with Crippen LogP contribution in [0, 0.1) is 20.8 Å². The fourth-order valence-corrected chi connectivity index (χ4v) is 3.76. The summed E-state index contributed by atoms with van der Waals surface area (Å²) in [5.74, 6) is -0.312. The molecule has 0 radical (unpaired) electrons. The number of alkyl halides is 3. The van der Waals surface area contributed by atoms with E-state index in [1.165, 1.54) is 25.1 Å². The van der Waals surface area contributed by atoms with Crippen LogP contribution in [0.25, 0.3) is 11.1 Å². The molecule has 5 heteroatoms. The predicted molar refractivity (Wildman–Crippen MR) is 85.1 cm³/mol. The molecule has 0 fully saturated rings. The molecule has 24 heavy (non-hydrogen) atoms. The topological polar surface area (TPSA) is 37.3 Å². The molecule has 1 aliphatic carbocycles. The van der Waals surface area contributed by atoms with Gasteiger partial charge in [-0.15, -0.1) is 0 Å². The standard InChI is InChI=1S/C19H17F3O2/c1-9-10(2)15(12(4)23)16-13-7-5-6-8-14(13)18(24,19(20,21)22)17(16)11(9)3/h5-8,24H,1-4H3. The third-order valence-electron chi connectivity index (χ3n) is 5.09. The Morgan fingerprint density at radius 2 is 1.62 bits per heavy atom. The van der Waals surface area contributed by atoms with Crippen molar-refractivity contribution in [2.75, 3.05) is 0 Å². The molecule has 0 bridgehead atoms. The molecule has 0 heterocycles. The van der Waals surface area contributed by atoms with Crippen molar-refractivity contribution >= 4 is 5.78 Å². The van der Waals surface area contributed by atoms with Gasteiger partial charge in [-0.2, -0.15) is 13.2 Å². The van der Waals surface area contributed by atoms with Crippen molar-refractivity contribution < 1.29 is 23.1 Å². The van der Waals surface area contributed by atoms with Gasteiger partial charge in [0.2, 0.25) is 5.60 Å². The molecule has 1 unspecified atom stereocenters. The van der Waals surface area contributed by atoms with Crippen LogP contribution in [0.3, 0.4) is 0 Å². The van der Waals surface area contributed by atoms with E-state index in [1.807, 2.05) is 0 Å². The maximum atomic E-state index is 13.9. The number of carbonyl (C=O) groups is 1. The summed E-state index contributed by atoms with van der Waals surface area (Å²) in [5.41, 5.74) is -1.21. The van der Waals surface area contributed by atoms with Crippen molar-refractivity contribution in [2.45, 2.75) is 39.5 Å². The lowest BCUT2D eigenvalue weighted by atomic mass is 9.82. The van der Waals surface area contributed by atoms with Crippen LogP contribution in [0.5, 0.6) is 0 Å². The van der Waals surface area contributed by atoms with E-state index in [2.05, 4.69) is 0 Å². The van der Waals surface area contributed by atoms with Crippen LogP contribution >= 0.6 is 0 Å². The van der Waals surface area contributed by atoms with E-state index in [4.69, 9.17) is 0 Å². The van der Waals surface area contributed by atoms with Crippen molar-refractivity contribution in [3.63, 3.8) is 0 Å². The van der Waals surface area contributed by atoms with Gasteiger partial charge >= 0.3 is 6.18 Å². The van der Waals surface area contributed by atoms with E-state index in [-0.39, 0.29) is 33.6 Å². The molecule has 0 aromatic heterocycles. The van der Waals surface area contributed by atoms with Gasteiger partial charge < -0.3 is 5.11 Å². The molecule has 3 rings (SSSR count). The van der Waals surface area contributed by atoms with Crippen LogP contribution < -0.4 is 0 Å². The molecule has 0 saturated heterocycles. The number of rotatable bonds is 1. The first-order valence-corrected chi connectivity index (χ1v) is 7.57. The smallest absolute Gasteiger partial charge is 0.372 e. The fourth-order valence-electron chi connectivity index (χ4n) is 3.76. The molecule has 0 saturated carbocycles. The molecule has 2 aromatic carbocycles. The van der Waals surface area contributed by atoms with Gasteiger partial charge in [0.15, 0.2) is 5.78 Å². The Kier molecular flexibility index (Phi) is 3.43. The summed E-state index contributed by atoms with van der Waals surface area (Å²) in [4.78, 5) is 12.2. The zero-order valence-corrected chi connectivity index (χ0v) is 13.8. The van der Waals surface area contributed by atoms with E-state index in [0.29, 0.717) is 16.7 Å². The van der Waals surface area contributed by atoms with E-state index < -0.39 is 11.8 Å². The van der Waals surface area contributed by atoms with E-state index >= 15 is 0 Å². The highest BCUT2D eigenvalue weighted by atomic mass is 19.4. The second-order valence-electron chi connectivity index (χ2n) is 6.31. The number of halogens is 3. The van der Waals surface area contributed by atoms with Gasteiger partial charge in [-0.1, -0.05) is 24.3 Å². The summed E-state index contributed by atoms with van der Waals surface area (Å²) in [5, 5.41) is 10.8. The van der Waals surface area contributed by atoms with Crippen molar-refractivity contribution in [1.82, 2.24) is 0 Å². The van der Waals surface area contributed by atoms with Gasteiger partial charge in [0.1, 0.15) is 0 Å². The maximum absolute atomic E-state index is 13.9. The molecule has 126 valence electrons. The first kappa shape index (κ1) is 16.7. The van der Waals surface area contributed by atoms with E-state index in [9.17, 15) is 23.1 Å². The molecular weight excluding hydrogens is 317 g/mol. The summed E-state index contributed by atoms with van der Waals surface area (Å²) < 4.78 is 41.7. The number of Topliss-reactive ketones (excluding diaryl/α,β-unsaturated/α-hetero) is 1. The zero-order valence-electron chi connectivity index (χ0n) is 13.8. The molecule has 1 atom stereocenters. The van der Waals surface area contributed by atoms with Crippen LogP contribution in [0.4, 0.5) is 13.2 Å². The highest BCUT2D eigenvalue weighted by Gasteiger charge is 2.62. The summed E-state index contributed by atoms with van der Waals surface area (Å²) >= 11 is 0. The van der Waals surface area contributed by atoms with Crippen LogP contribution in [0.2, 0.25) is 0 Å². The minimum atomic E-state index is -4.89. The molecule has 2 nitrogen and oxygen atoms in total. The monoisotopic (exact) mass is 334 g/mol. The van der Waals surface area contributed by atoms with Gasteiger partial charge in [-0.05, 0) is 49.9 Å². The summed E-state index contributed by atoms with van der Waals surface area (Å²) in [6.45, 7) is 6.31. The van der Waals surface area contributed by atoms with Crippen molar-refractivity contribution in [3.8, 4) is 11.1 Å². The van der Waals surface area contributed by atoms with Crippen LogP contribution in [0.1, 0.15) is 45.1 Å². The minimum Gasteiger partial charge on any atom is -0.372 e. The predicted octanol–water partition coefficient (Wildman–Crippen LogP) is 4.59. The summed E-state index contributed by atoms with van der Waals surface area (Å²) in [6.07, 6.45) is -4.89. The Morgan fingerprint density at radius 1 is 1.04 bits per heavy atom. The van der Waals surface area contributed by atoms with Crippen molar-refractivity contribution in [1.29, 1.82) is 0 Å². The maximum Gasteiger partial charge on any atom is 0.425 e. The first-order chi connectivity index (χ1) is 11.0. The number of hydrogen-bond acceptors (Lipinski definition) is 2. The molecule has 0 aliphatic heterocycles. The fraction of sp³-hybridized carbons (Fsp3) is 0.316. The normalized spacial score (nSPS) is 19.2. The minimum absolute atomic E-state index is 0.207. The van der Waals surface area contributed by atoms with Crippen LogP contribution in [0.15, 0.2) is 24.3 Å². The number of fused-ring (bicyclic) bond motifs is 3. The zero-order chi connectivity index (χ0) is 18.0. The molecule has 1 N–H and O–H groups in total. The van der Waals surface area contributed by atoms with Crippen molar-refractivity contribution in [2.24, 2.45) is 0 Å². The highest BCUT2D eigenvalue weighted by molar-refractivity contribution is 6.06. The van der Waals surface area contributed by atoms with Gasteiger partial charge in [0.25, 0.3) is 0 Å². The first-order valence-electron chi connectivity index (χ1n) is 7.57. The Morgan fingerprint density at radius 3 is 2.17 bits per heavy atom. The Balaban J connectivity index is 2.61. The number of aliphatic hydroxyl groups is 1. The third-order valence-corrected chi connectivity index (χ3v) is 5.09.